The molecule has 13 heavy (non-hydrogen) atoms. The fourth-order valence-corrected chi connectivity index (χ4v) is 1.90. The number of allylic oxidation sites excluding steroid dienone is 2. The number of hydrogen-bond acceptors (Lipinski definition) is 2. The Kier molecular flexibility index (Phi) is 3.94. The highest BCUT2D eigenvalue weighted by atomic mass is 35.5. The van der Waals surface area contributed by atoms with Crippen LogP contribution in [0, 0.1) is 5.92 Å². The van der Waals surface area contributed by atoms with Crippen molar-refractivity contribution >= 4 is 16.8 Å². The molecule has 1 rings (SSSR count). The highest BCUT2D eigenvalue weighted by Gasteiger charge is 2.22. The van der Waals surface area contributed by atoms with Gasteiger partial charge in [-0.15, -0.1) is 0 Å². The largest absolute Gasteiger partial charge is 0.376 e. The zero-order valence-corrected chi connectivity index (χ0v) is 8.75. The molecule has 74 valence electrons. The molecule has 1 saturated heterocycles. The number of ether oxygens (including phenoxy) is 1. The molecule has 0 N–H and O–H groups in total. The lowest BCUT2D eigenvalue weighted by molar-refractivity contribution is -0.107. The van der Waals surface area contributed by atoms with Gasteiger partial charge in [-0.05, 0) is 50.3 Å². The highest BCUT2D eigenvalue weighted by Crippen LogP contribution is 2.25. The van der Waals surface area contributed by atoms with Crippen molar-refractivity contribution in [3.05, 3.63) is 12.2 Å². The molecule has 3 atom stereocenters. The quantitative estimate of drug-likeness (QED) is 0.508. The Hall–Kier alpha value is -0.340. The fraction of sp³-hybridized carbons (Fsp3) is 0.700. The van der Waals surface area contributed by atoms with Gasteiger partial charge in [0.25, 0.3) is 0 Å². The lowest BCUT2D eigenvalue weighted by Crippen LogP contribution is -2.28. The zero-order valence-electron chi connectivity index (χ0n) is 8.00. The molecule has 2 nitrogen and oxygen atoms in total. The van der Waals surface area contributed by atoms with Gasteiger partial charge in [0.15, 0.2) is 0 Å². The van der Waals surface area contributed by atoms with Gasteiger partial charge >= 0.3 is 0 Å². The normalized spacial score (nSPS) is 35.2. The SMILES string of the molecule is C[C@@H]1CC(/C=C/C(=O)Cl)C[C@H](C)O1. The minimum Gasteiger partial charge on any atom is -0.376 e. The summed E-state index contributed by atoms with van der Waals surface area (Å²) in [6, 6.07) is 0. The standard InChI is InChI=1S/C10H15ClO2/c1-7-5-9(3-4-10(11)12)6-8(2)13-7/h3-4,7-9H,5-6H2,1-2H3/b4-3+/t7-,8+,9?. The van der Waals surface area contributed by atoms with Gasteiger partial charge in [-0.1, -0.05) is 6.08 Å². The average molecular weight is 203 g/mol. The first kappa shape index (κ1) is 10.7. The molecule has 0 amide bonds. The Morgan fingerprint density at radius 3 is 2.38 bits per heavy atom. The van der Waals surface area contributed by atoms with E-state index >= 15 is 0 Å². The molecule has 0 bridgehead atoms. The van der Waals surface area contributed by atoms with E-state index in [1.807, 2.05) is 6.08 Å². The Labute approximate surface area is 83.9 Å². The average Bonchev–Trinajstić information content (AvgIpc) is 1.99. The molecule has 1 heterocycles. The van der Waals surface area contributed by atoms with Crippen LogP contribution in [0.2, 0.25) is 0 Å². The molecule has 1 unspecified atom stereocenters. The third-order valence-electron chi connectivity index (χ3n) is 2.23. The summed E-state index contributed by atoms with van der Waals surface area (Å²) in [7, 11) is 0. The van der Waals surface area contributed by atoms with Gasteiger partial charge in [0.1, 0.15) is 0 Å². The second-order valence-corrected chi connectivity index (χ2v) is 4.02. The van der Waals surface area contributed by atoms with Crippen molar-refractivity contribution in [2.75, 3.05) is 0 Å². The van der Waals surface area contributed by atoms with Crippen LogP contribution >= 0.6 is 11.6 Å². The topological polar surface area (TPSA) is 26.3 Å². The van der Waals surface area contributed by atoms with Crippen LogP contribution < -0.4 is 0 Å². The van der Waals surface area contributed by atoms with Crippen molar-refractivity contribution in [3.63, 3.8) is 0 Å². The van der Waals surface area contributed by atoms with Crippen LogP contribution in [0.15, 0.2) is 12.2 Å². The van der Waals surface area contributed by atoms with Crippen molar-refractivity contribution in [3.8, 4) is 0 Å². The van der Waals surface area contributed by atoms with Gasteiger partial charge < -0.3 is 4.74 Å². The molecular weight excluding hydrogens is 188 g/mol. The molecule has 1 fully saturated rings. The van der Waals surface area contributed by atoms with Gasteiger partial charge in [-0.25, -0.2) is 0 Å². The summed E-state index contributed by atoms with van der Waals surface area (Å²) in [6.07, 6.45) is 5.85. The molecule has 1 aliphatic heterocycles. The molecule has 3 heteroatoms. The Balaban J connectivity index is 2.46. The second kappa shape index (κ2) is 4.77. The predicted octanol–water partition coefficient (Wildman–Crippen LogP) is 2.51. The Morgan fingerprint density at radius 1 is 1.38 bits per heavy atom. The predicted molar refractivity (Wildman–Crippen MR) is 52.7 cm³/mol. The van der Waals surface area contributed by atoms with E-state index in [0.717, 1.165) is 12.8 Å². The molecule has 0 aliphatic carbocycles. The Morgan fingerprint density at radius 2 is 1.92 bits per heavy atom. The lowest BCUT2D eigenvalue weighted by Gasteiger charge is -2.30. The van der Waals surface area contributed by atoms with Gasteiger partial charge in [0.2, 0.25) is 5.24 Å². The highest BCUT2D eigenvalue weighted by molar-refractivity contribution is 6.66. The number of carbonyl (C=O) groups excluding carboxylic acids is 1. The minimum absolute atomic E-state index is 0.281. The molecule has 0 aromatic heterocycles. The van der Waals surface area contributed by atoms with Gasteiger partial charge in [0, 0.05) is 0 Å². The third-order valence-corrected chi connectivity index (χ3v) is 2.36. The van der Waals surface area contributed by atoms with E-state index < -0.39 is 5.24 Å². The summed E-state index contributed by atoms with van der Waals surface area (Å²) in [5, 5.41) is -0.396. The first-order valence-corrected chi connectivity index (χ1v) is 4.99. The second-order valence-electron chi connectivity index (χ2n) is 3.65. The van der Waals surface area contributed by atoms with Crippen LogP contribution in [0.4, 0.5) is 0 Å². The monoisotopic (exact) mass is 202 g/mol. The summed E-state index contributed by atoms with van der Waals surface area (Å²) in [4.78, 5) is 10.5. The molecular formula is C10H15ClO2. The molecule has 0 radical (unpaired) electrons. The molecule has 1 aliphatic rings. The number of rotatable bonds is 2. The first-order chi connectivity index (χ1) is 6.08. The summed E-state index contributed by atoms with van der Waals surface area (Å²) >= 11 is 5.21. The van der Waals surface area contributed by atoms with Gasteiger partial charge in [0.05, 0.1) is 12.2 Å². The summed E-state index contributed by atoms with van der Waals surface area (Å²) in [5.41, 5.74) is 0. The van der Waals surface area contributed by atoms with E-state index in [4.69, 9.17) is 16.3 Å². The van der Waals surface area contributed by atoms with Crippen LogP contribution in [0.3, 0.4) is 0 Å². The number of hydrogen-bond donors (Lipinski definition) is 0. The fourth-order valence-electron chi connectivity index (χ4n) is 1.83. The van der Waals surface area contributed by atoms with Crippen LogP contribution in [0.25, 0.3) is 0 Å². The summed E-state index contributed by atoms with van der Waals surface area (Å²) < 4.78 is 5.57. The zero-order chi connectivity index (χ0) is 9.84. The summed E-state index contributed by atoms with van der Waals surface area (Å²) in [6.45, 7) is 4.11. The van der Waals surface area contributed by atoms with Crippen molar-refractivity contribution in [2.45, 2.75) is 38.9 Å². The Bertz CT molecular complexity index is 203. The summed E-state index contributed by atoms with van der Waals surface area (Å²) in [5.74, 6) is 0.432. The first-order valence-electron chi connectivity index (χ1n) is 4.61. The van der Waals surface area contributed by atoms with Crippen molar-refractivity contribution in [1.82, 2.24) is 0 Å². The molecule has 0 saturated carbocycles. The van der Waals surface area contributed by atoms with Crippen LogP contribution in [-0.2, 0) is 9.53 Å². The van der Waals surface area contributed by atoms with E-state index in [1.165, 1.54) is 6.08 Å². The van der Waals surface area contributed by atoms with E-state index in [9.17, 15) is 4.79 Å². The number of carbonyl (C=O) groups is 1. The molecule has 0 aromatic carbocycles. The van der Waals surface area contributed by atoms with Crippen LogP contribution in [0.1, 0.15) is 26.7 Å². The van der Waals surface area contributed by atoms with Crippen molar-refractivity contribution in [2.24, 2.45) is 5.92 Å². The van der Waals surface area contributed by atoms with Crippen molar-refractivity contribution in [1.29, 1.82) is 0 Å². The van der Waals surface area contributed by atoms with E-state index in [2.05, 4.69) is 13.8 Å². The van der Waals surface area contributed by atoms with Crippen LogP contribution in [0.5, 0.6) is 0 Å². The van der Waals surface area contributed by atoms with E-state index in [1.54, 1.807) is 0 Å². The van der Waals surface area contributed by atoms with E-state index in [-0.39, 0.29) is 12.2 Å². The lowest BCUT2D eigenvalue weighted by atomic mass is 9.92. The van der Waals surface area contributed by atoms with Crippen molar-refractivity contribution < 1.29 is 9.53 Å². The maximum atomic E-state index is 10.5. The maximum absolute atomic E-state index is 10.5. The molecule has 0 aromatic rings. The van der Waals surface area contributed by atoms with E-state index in [0.29, 0.717) is 5.92 Å². The number of halogens is 1. The van der Waals surface area contributed by atoms with Crippen LogP contribution in [-0.4, -0.2) is 17.5 Å². The molecule has 0 spiro atoms. The van der Waals surface area contributed by atoms with Gasteiger partial charge in [-0.3, -0.25) is 4.79 Å². The minimum atomic E-state index is -0.396. The maximum Gasteiger partial charge on any atom is 0.244 e. The van der Waals surface area contributed by atoms with Gasteiger partial charge in [-0.2, -0.15) is 0 Å². The third kappa shape index (κ3) is 3.92. The smallest absolute Gasteiger partial charge is 0.244 e.